The second kappa shape index (κ2) is 5.72. The van der Waals surface area contributed by atoms with Crippen LogP contribution in [0, 0.1) is 5.41 Å². The van der Waals surface area contributed by atoms with Gasteiger partial charge in [0.1, 0.15) is 5.65 Å². The highest BCUT2D eigenvalue weighted by molar-refractivity contribution is 6.11. The third kappa shape index (κ3) is 2.57. The van der Waals surface area contributed by atoms with Gasteiger partial charge in [-0.3, -0.25) is 25.1 Å². The van der Waals surface area contributed by atoms with Gasteiger partial charge in [0.25, 0.3) is 5.91 Å². The number of guanidine groups is 1. The maximum Gasteiger partial charge on any atom is 0.260 e. The molecule has 0 saturated carbocycles. The highest BCUT2D eigenvalue weighted by Gasteiger charge is 2.17. The summed E-state index contributed by atoms with van der Waals surface area (Å²) in [6.45, 7) is 0. The van der Waals surface area contributed by atoms with E-state index in [9.17, 15) is 4.79 Å². The quantitative estimate of drug-likeness (QED) is 0.386. The summed E-state index contributed by atoms with van der Waals surface area (Å²) >= 11 is 0. The molecule has 3 heterocycles. The highest BCUT2D eigenvalue weighted by atomic mass is 16.1. The van der Waals surface area contributed by atoms with Gasteiger partial charge in [-0.15, -0.1) is 0 Å². The Morgan fingerprint density at radius 1 is 1.16 bits per heavy atom. The molecule has 7 nitrogen and oxygen atoms in total. The van der Waals surface area contributed by atoms with Gasteiger partial charge in [0.05, 0.1) is 23.0 Å². The first-order valence-corrected chi connectivity index (χ1v) is 7.60. The number of hydrogen-bond acceptors (Lipinski definition) is 4. The summed E-state index contributed by atoms with van der Waals surface area (Å²) in [5.74, 6) is -0.847. The number of benzene rings is 1. The standard InChI is InChI=1S/C18H14N6O/c19-18(20)23-17(25)14-10-24(16-13(14)5-3-7-21-16)12-8-11-4-1-2-6-15(11)22-9-12/h1-10H,(H4,19,20,23,25). The molecule has 0 spiro atoms. The number of carbonyl (C=O) groups excluding carboxylic acids is 1. The van der Waals surface area contributed by atoms with E-state index in [1.807, 2.05) is 41.0 Å². The Labute approximate surface area is 142 Å². The average molecular weight is 330 g/mol. The van der Waals surface area contributed by atoms with Crippen molar-refractivity contribution in [1.29, 1.82) is 5.41 Å². The molecule has 1 aromatic carbocycles. The van der Waals surface area contributed by atoms with Gasteiger partial charge in [-0.25, -0.2) is 4.98 Å². The average Bonchev–Trinajstić information content (AvgIpc) is 3.00. The first-order chi connectivity index (χ1) is 12.1. The van der Waals surface area contributed by atoms with Crippen LogP contribution in [0.25, 0.3) is 27.6 Å². The van der Waals surface area contributed by atoms with Gasteiger partial charge in [-0.2, -0.15) is 0 Å². The van der Waals surface area contributed by atoms with Crippen LogP contribution in [0.2, 0.25) is 0 Å². The molecule has 0 radical (unpaired) electrons. The first kappa shape index (κ1) is 14.8. The second-order valence-electron chi connectivity index (χ2n) is 5.54. The Hall–Kier alpha value is -3.74. The van der Waals surface area contributed by atoms with Gasteiger partial charge in [0.15, 0.2) is 5.96 Å². The minimum Gasteiger partial charge on any atom is -0.370 e. The number of aromatic nitrogens is 3. The molecule has 0 fully saturated rings. The topological polar surface area (TPSA) is 110 Å². The third-order valence-corrected chi connectivity index (χ3v) is 3.91. The van der Waals surface area contributed by atoms with E-state index in [1.54, 1.807) is 24.7 Å². The lowest BCUT2D eigenvalue weighted by Gasteiger charge is -2.05. The molecule has 0 saturated heterocycles. The summed E-state index contributed by atoms with van der Waals surface area (Å²) in [6.07, 6.45) is 5.09. The van der Waals surface area contributed by atoms with E-state index in [4.69, 9.17) is 11.1 Å². The van der Waals surface area contributed by atoms with Crippen molar-refractivity contribution in [3.05, 3.63) is 66.6 Å². The Morgan fingerprint density at radius 2 is 2.00 bits per heavy atom. The van der Waals surface area contributed by atoms with Crippen LogP contribution in [0.4, 0.5) is 0 Å². The Balaban J connectivity index is 1.91. The number of amides is 1. The van der Waals surface area contributed by atoms with Gasteiger partial charge in [0, 0.05) is 23.2 Å². The Morgan fingerprint density at radius 3 is 2.84 bits per heavy atom. The fourth-order valence-corrected chi connectivity index (χ4v) is 2.82. The summed E-state index contributed by atoms with van der Waals surface area (Å²) in [4.78, 5) is 21.2. The normalized spacial score (nSPS) is 10.9. The molecule has 1 amide bonds. The summed E-state index contributed by atoms with van der Waals surface area (Å²) in [5, 5.41) is 11.2. The molecule has 0 aliphatic heterocycles. The number of fused-ring (bicyclic) bond motifs is 2. The van der Waals surface area contributed by atoms with Crippen LogP contribution in [0.5, 0.6) is 0 Å². The molecule has 0 atom stereocenters. The van der Waals surface area contributed by atoms with Gasteiger partial charge < -0.3 is 5.73 Å². The largest absolute Gasteiger partial charge is 0.370 e. The van der Waals surface area contributed by atoms with E-state index in [1.165, 1.54) is 0 Å². The zero-order valence-electron chi connectivity index (χ0n) is 13.1. The maximum atomic E-state index is 12.3. The van der Waals surface area contributed by atoms with Gasteiger partial charge in [0.2, 0.25) is 0 Å². The second-order valence-corrected chi connectivity index (χ2v) is 5.54. The van der Waals surface area contributed by atoms with Crippen LogP contribution >= 0.6 is 0 Å². The molecule has 4 rings (SSSR count). The summed E-state index contributed by atoms with van der Waals surface area (Å²) in [6, 6.07) is 13.4. The molecule has 0 aliphatic carbocycles. The number of hydrogen-bond donors (Lipinski definition) is 3. The van der Waals surface area contributed by atoms with E-state index in [-0.39, 0.29) is 0 Å². The molecule has 25 heavy (non-hydrogen) atoms. The van der Waals surface area contributed by atoms with Crippen molar-refractivity contribution in [2.45, 2.75) is 0 Å². The maximum absolute atomic E-state index is 12.3. The monoisotopic (exact) mass is 330 g/mol. The lowest BCUT2D eigenvalue weighted by molar-refractivity contribution is 0.0978. The fourth-order valence-electron chi connectivity index (χ4n) is 2.82. The number of nitrogens with one attached hydrogen (secondary N) is 2. The molecule has 122 valence electrons. The van der Waals surface area contributed by atoms with E-state index >= 15 is 0 Å². The van der Waals surface area contributed by atoms with Crippen molar-refractivity contribution in [3.63, 3.8) is 0 Å². The lowest BCUT2D eigenvalue weighted by Crippen LogP contribution is -2.35. The smallest absolute Gasteiger partial charge is 0.260 e. The van der Waals surface area contributed by atoms with Gasteiger partial charge in [-0.1, -0.05) is 18.2 Å². The van der Waals surface area contributed by atoms with Crippen LogP contribution in [-0.4, -0.2) is 26.4 Å². The molecular formula is C18H14N6O. The Kier molecular flexibility index (Phi) is 3.39. The van der Waals surface area contributed by atoms with Crippen molar-refractivity contribution in [1.82, 2.24) is 19.9 Å². The van der Waals surface area contributed by atoms with Crippen molar-refractivity contribution in [2.24, 2.45) is 5.73 Å². The SMILES string of the molecule is N=C(N)NC(=O)c1cn(-c2cnc3ccccc3c2)c2ncccc12. The first-order valence-electron chi connectivity index (χ1n) is 7.60. The van der Waals surface area contributed by atoms with Gasteiger partial charge >= 0.3 is 0 Å². The van der Waals surface area contributed by atoms with Crippen molar-refractivity contribution < 1.29 is 4.79 Å². The number of nitrogens with zero attached hydrogens (tertiary/aromatic N) is 3. The molecule has 0 aliphatic rings. The van der Waals surface area contributed by atoms with Crippen LogP contribution in [0.3, 0.4) is 0 Å². The van der Waals surface area contributed by atoms with Crippen LogP contribution in [0.15, 0.2) is 61.1 Å². The van der Waals surface area contributed by atoms with Crippen molar-refractivity contribution in [3.8, 4) is 5.69 Å². The van der Waals surface area contributed by atoms with E-state index < -0.39 is 11.9 Å². The van der Waals surface area contributed by atoms with Crippen LogP contribution < -0.4 is 11.1 Å². The molecule has 3 aromatic heterocycles. The molecule has 0 unspecified atom stereocenters. The number of pyridine rings is 2. The number of rotatable bonds is 2. The zero-order chi connectivity index (χ0) is 17.4. The predicted octanol–water partition coefficient (Wildman–Crippen LogP) is 2.20. The van der Waals surface area contributed by atoms with E-state index in [2.05, 4.69) is 15.3 Å². The number of nitrogens with two attached hydrogens (primary N) is 1. The van der Waals surface area contributed by atoms with Crippen LogP contribution in [0.1, 0.15) is 10.4 Å². The molecule has 0 bridgehead atoms. The highest BCUT2D eigenvalue weighted by Crippen LogP contribution is 2.24. The Bertz CT molecular complexity index is 1130. The summed E-state index contributed by atoms with van der Waals surface area (Å²) in [7, 11) is 0. The minimum absolute atomic E-state index is 0.395. The fraction of sp³-hybridized carbons (Fsp3) is 0. The van der Waals surface area contributed by atoms with E-state index in [0.29, 0.717) is 16.6 Å². The molecular weight excluding hydrogens is 316 g/mol. The molecule has 4 N–H and O–H groups in total. The van der Waals surface area contributed by atoms with Gasteiger partial charge in [-0.05, 0) is 24.3 Å². The predicted molar refractivity (Wildman–Crippen MR) is 95.8 cm³/mol. The molecule has 7 heteroatoms. The zero-order valence-corrected chi connectivity index (χ0v) is 13.1. The summed E-state index contributed by atoms with van der Waals surface area (Å²) < 4.78 is 1.81. The summed E-state index contributed by atoms with van der Waals surface area (Å²) in [5.41, 5.74) is 7.99. The third-order valence-electron chi connectivity index (χ3n) is 3.91. The van der Waals surface area contributed by atoms with E-state index in [0.717, 1.165) is 16.6 Å². The molecule has 4 aromatic rings. The van der Waals surface area contributed by atoms with Crippen LogP contribution in [-0.2, 0) is 0 Å². The lowest BCUT2D eigenvalue weighted by atomic mass is 10.2. The van der Waals surface area contributed by atoms with Crippen molar-refractivity contribution in [2.75, 3.05) is 0 Å². The number of carbonyl (C=O) groups is 1. The van der Waals surface area contributed by atoms with Crippen molar-refractivity contribution >= 4 is 33.8 Å². The minimum atomic E-state index is -0.446. The number of para-hydroxylation sites is 1.